The van der Waals surface area contributed by atoms with E-state index in [1.54, 1.807) is 12.4 Å². The van der Waals surface area contributed by atoms with Crippen LogP contribution in [-0.4, -0.2) is 51.1 Å². The van der Waals surface area contributed by atoms with Gasteiger partial charge >= 0.3 is 0 Å². The van der Waals surface area contributed by atoms with E-state index in [9.17, 15) is 0 Å². The van der Waals surface area contributed by atoms with Gasteiger partial charge in [-0.15, -0.1) is 0 Å². The Balaban J connectivity index is 1.36. The van der Waals surface area contributed by atoms with Gasteiger partial charge in [0.1, 0.15) is 11.9 Å². The SMILES string of the molecule is Cn1ccc(CN2CCCC3(CC(Oc4cccnc4)CO3)C2)n1. The first-order valence-corrected chi connectivity index (χ1v) is 8.62. The first kappa shape index (κ1) is 15.6. The highest BCUT2D eigenvalue weighted by molar-refractivity contribution is 5.16. The van der Waals surface area contributed by atoms with Crippen molar-refractivity contribution in [2.24, 2.45) is 7.05 Å². The summed E-state index contributed by atoms with van der Waals surface area (Å²) in [5.74, 6) is 0.823. The number of hydrogen-bond acceptors (Lipinski definition) is 5. The van der Waals surface area contributed by atoms with Gasteiger partial charge in [-0.2, -0.15) is 5.10 Å². The van der Waals surface area contributed by atoms with Gasteiger partial charge in [0.05, 0.1) is 24.1 Å². The standard InChI is InChI=1S/C18H24N4O2/c1-21-9-5-15(20-21)12-22-8-3-6-18(14-22)10-17(13-23-18)24-16-4-2-7-19-11-16/h2,4-5,7,9,11,17H,3,6,8,10,12-14H2,1H3. The molecule has 24 heavy (non-hydrogen) atoms. The van der Waals surface area contributed by atoms with Crippen molar-refractivity contribution >= 4 is 0 Å². The van der Waals surface area contributed by atoms with Crippen molar-refractivity contribution < 1.29 is 9.47 Å². The molecule has 6 heteroatoms. The molecule has 128 valence electrons. The molecule has 0 aromatic carbocycles. The molecule has 2 fully saturated rings. The van der Waals surface area contributed by atoms with Crippen LogP contribution >= 0.6 is 0 Å². The van der Waals surface area contributed by atoms with Crippen molar-refractivity contribution in [2.45, 2.75) is 37.5 Å². The van der Waals surface area contributed by atoms with Gasteiger partial charge in [0, 0.05) is 39.0 Å². The van der Waals surface area contributed by atoms with E-state index in [1.807, 2.05) is 30.1 Å². The lowest BCUT2D eigenvalue weighted by Crippen LogP contribution is -2.47. The molecular weight excluding hydrogens is 304 g/mol. The maximum absolute atomic E-state index is 6.23. The van der Waals surface area contributed by atoms with Crippen LogP contribution in [0.25, 0.3) is 0 Å². The Morgan fingerprint density at radius 3 is 3.17 bits per heavy atom. The van der Waals surface area contributed by atoms with E-state index >= 15 is 0 Å². The summed E-state index contributed by atoms with van der Waals surface area (Å²) in [5, 5.41) is 4.49. The number of pyridine rings is 1. The van der Waals surface area contributed by atoms with Gasteiger partial charge < -0.3 is 9.47 Å². The average molecular weight is 328 g/mol. The molecule has 0 saturated carbocycles. The van der Waals surface area contributed by atoms with Crippen LogP contribution in [0.5, 0.6) is 5.75 Å². The lowest BCUT2D eigenvalue weighted by atomic mass is 9.89. The molecule has 0 N–H and O–H groups in total. The molecule has 2 unspecified atom stereocenters. The highest BCUT2D eigenvalue weighted by atomic mass is 16.6. The van der Waals surface area contributed by atoms with E-state index in [1.165, 1.54) is 0 Å². The number of ether oxygens (including phenoxy) is 2. The Kier molecular flexibility index (Phi) is 4.24. The largest absolute Gasteiger partial charge is 0.486 e. The third kappa shape index (κ3) is 3.44. The molecule has 1 spiro atoms. The van der Waals surface area contributed by atoms with Crippen molar-refractivity contribution in [3.05, 3.63) is 42.5 Å². The van der Waals surface area contributed by atoms with Crippen molar-refractivity contribution in [3.8, 4) is 5.75 Å². The minimum atomic E-state index is -0.0695. The Labute approximate surface area is 142 Å². The lowest BCUT2D eigenvalue weighted by molar-refractivity contribution is -0.0540. The van der Waals surface area contributed by atoms with E-state index in [0.717, 1.165) is 50.3 Å². The minimum Gasteiger partial charge on any atom is -0.486 e. The predicted molar refractivity (Wildman–Crippen MR) is 89.7 cm³/mol. The Morgan fingerprint density at radius 2 is 2.38 bits per heavy atom. The number of aromatic nitrogens is 3. The summed E-state index contributed by atoms with van der Waals surface area (Å²) in [5.41, 5.74) is 1.05. The van der Waals surface area contributed by atoms with Gasteiger partial charge in [-0.1, -0.05) is 0 Å². The minimum absolute atomic E-state index is 0.0695. The van der Waals surface area contributed by atoms with Crippen LogP contribution < -0.4 is 4.74 Å². The third-order valence-corrected chi connectivity index (χ3v) is 4.89. The highest BCUT2D eigenvalue weighted by Crippen LogP contribution is 2.36. The van der Waals surface area contributed by atoms with Crippen LogP contribution in [0.15, 0.2) is 36.8 Å². The summed E-state index contributed by atoms with van der Waals surface area (Å²) in [6, 6.07) is 5.94. The average Bonchev–Trinajstić information content (AvgIpc) is 3.15. The molecule has 2 aromatic heterocycles. The Bertz CT molecular complexity index is 675. The molecule has 2 atom stereocenters. The lowest BCUT2D eigenvalue weighted by Gasteiger charge is -2.39. The molecule has 6 nitrogen and oxygen atoms in total. The first-order valence-electron chi connectivity index (χ1n) is 8.62. The van der Waals surface area contributed by atoms with E-state index in [0.29, 0.717) is 6.61 Å². The molecule has 2 aliphatic heterocycles. The molecule has 0 bridgehead atoms. The molecule has 0 aliphatic carbocycles. The van der Waals surface area contributed by atoms with Gasteiger partial charge in [-0.25, -0.2) is 0 Å². The van der Waals surface area contributed by atoms with E-state index in [-0.39, 0.29) is 11.7 Å². The summed E-state index contributed by atoms with van der Waals surface area (Å²) in [4.78, 5) is 6.57. The zero-order valence-corrected chi connectivity index (χ0v) is 14.1. The van der Waals surface area contributed by atoms with Crippen molar-refractivity contribution in [2.75, 3.05) is 19.7 Å². The van der Waals surface area contributed by atoms with Crippen LogP contribution in [0.4, 0.5) is 0 Å². The Hall–Kier alpha value is -1.92. The van der Waals surface area contributed by atoms with Crippen LogP contribution in [-0.2, 0) is 18.3 Å². The summed E-state index contributed by atoms with van der Waals surface area (Å²) < 4.78 is 14.1. The number of piperidine rings is 1. The fraction of sp³-hybridized carbons (Fsp3) is 0.556. The summed E-state index contributed by atoms with van der Waals surface area (Å²) in [7, 11) is 1.96. The molecule has 2 aliphatic rings. The highest BCUT2D eigenvalue weighted by Gasteiger charge is 2.44. The monoisotopic (exact) mass is 328 g/mol. The second-order valence-electron chi connectivity index (χ2n) is 6.92. The van der Waals surface area contributed by atoms with Crippen LogP contribution in [0, 0.1) is 0 Å². The number of nitrogens with zero attached hydrogens (tertiary/aromatic N) is 4. The smallest absolute Gasteiger partial charge is 0.138 e. The maximum atomic E-state index is 6.23. The zero-order valence-electron chi connectivity index (χ0n) is 14.1. The normalized spacial score (nSPS) is 27.6. The van der Waals surface area contributed by atoms with Gasteiger partial charge in [0.25, 0.3) is 0 Å². The summed E-state index contributed by atoms with van der Waals surface area (Å²) in [6.07, 6.45) is 8.85. The molecule has 2 aromatic rings. The number of hydrogen-bond donors (Lipinski definition) is 0. The van der Waals surface area contributed by atoms with E-state index in [4.69, 9.17) is 9.47 Å². The predicted octanol–water partition coefficient (Wildman–Crippen LogP) is 2.02. The topological polar surface area (TPSA) is 52.4 Å². The molecule has 0 radical (unpaired) electrons. The second kappa shape index (κ2) is 6.53. The molecular formula is C18H24N4O2. The number of aryl methyl sites for hydroxylation is 1. The van der Waals surface area contributed by atoms with Gasteiger partial charge in [0.2, 0.25) is 0 Å². The van der Waals surface area contributed by atoms with E-state index < -0.39 is 0 Å². The summed E-state index contributed by atoms with van der Waals surface area (Å²) >= 11 is 0. The van der Waals surface area contributed by atoms with Gasteiger partial charge in [-0.3, -0.25) is 14.6 Å². The quantitative estimate of drug-likeness (QED) is 0.859. The molecule has 4 rings (SSSR count). The Morgan fingerprint density at radius 1 is 1.42 bits per heavy atom. The van der Waals surface area contributed by atoms with Crippen LogP contribution in [0.2, 0.25) is 0 Å². The van der Waals surface area contributed by atoms with Crippen LogP contribution in [0.3, 0.4) is 0 Å². The van der Waals surface area contributed by atoms with E-state index in [2.05, 4.69) is 21.0 Å². The fourth-order valence-electron chi connectivity index (χ4n) is 3.87. The second-order valence-corrected chi connectivity index (χ2v) is 6.92. The van der Waals surface area contributed by atoms with Crippen LogP contribution in [0.1, 0.15) is 25.0 Å². The van der Waals surface area contributed by atoms with Crippen molar-refractivity contribution in [1.82, 2.24) is 19.7 Å². The third-order valence-electron chi connectivity index (χ3n) is 4.89. The molecule has 2 saturated heterocycles. The molecule has 4 heterocycles. The van der Waals surface area contributed by atoms with Gasteiger partial charge in [0.15, 0.2) is 0 Å². The number of likely N-dealkylation sites (tertiary alicyclic amines) is 1. The summed E-state index contributed by atoms with van der Waals surface area (Å²) in [6.45, 7) is 3.61. The van der Waals surface area contributed by atoms with Crippen molar-refractivity contribution in [1.29, 1.82) is 0 Å². The zero-order chi connectivity index (χ0) is 16.4. The molecule has 0 amide bonds. The van der Waals surface area contributed by atoms with Gasteiger partial charge in [-0.05, 0) is 37.6 Å². The fourth-order valence-corrected chi connectivity index (χ4v) is 3.87. The van der Waals surface area contributed by atoms with Crippen molar-refractivity contribution in [3.63, 3.8) is 0 Å². The number of rotatable bonds is 4. The first-order chi connectivity index (χ1) is 11.7. The maximum Gasteiger partial charge on any atom is 0.138 e.